The Hall–Kier alpha value is -1.37. The zero-order chi connectivity index (χ0) is 22.8. The van der Waals surface area contributed by atoms with Gasteiger partial charge in [-0.25, -0.2) is 9.36 Å². The molecule has 1 aliphatic rings. The van der Waals surface area contributed by atoms with Crippen molar-refractivity contribution in [2.45, 2.75) is 58.3 Å². The van der Waals surface area contributed by atoms with E-state index in [2.05, 4.69) is 22.6 Å². The molecule has 0 saturated carbocycles. The van der Waals surface area contributed by atoms with Gasteiger partial charge in [0, 0.05) is 18.1 Å². The summed E-state index contributed by atoms with van der Waals surface area (Å²) in [6.07, 6.45) is 3.83. The lowest BCUT2D eigenvalue weighted by Crippen LogP contribution is -2.27. The average Bonchev–Trinajstić information content (AvgIpc) is 2.91. The van der Waals surface area contributed by atoms with Crippen molar-refractivity contribution in [1.29, 1.82) is 0 Å². The molecule has 8 nitrogen and oxygen atoms in total. The highest BCUT2D eigenvalue weighted by atomic mass is 127. The number of carbonyl (C=O) groups excluding carboxylic acids is 1. The van der Waals surface area contributed by atoms with E-state index in [1.807, 2.05) is 0 Å². The number of hydrogen-bond donors (Lipinski definition) is 0. The smallest absolute Gasteiger partial charge is 0.419 e. The van der Waals surface area contributed by atoms with Crippen LogP contribution in [-0.4, -0.2) is 50.4 Å². The summed E-state index contributed by atoms with van der Waals surface area (Å²) in [6.45, 7) is 6.53. The summed E-state index contributed by atoms with van der Waals surface area (Å²) in [6, 6.07) is 4.87. The Balaban J connectivity index is 1.94. The third-order valence-corrected chi connectivity index (χ3v) is 6.23. The molecule has 0 aliphatic carbocycles. The highest BCUT2D eigenvalue weighted by Crippen LogP contribution is 2.32. The van der Waals surface area contributed by atoms with Gasteiger partial charge in [0.2, 0.25) is 0 Å². The van der Waals surface area contributed by atoms with E-state index < -0.39 is 21.8 Å². The zero-order valence-electron chi connectivity index (χ0n) is 18.1. The first kappa shape index (κ1) is 24.3. The monoisotopic (exact) mass is 565 g/mol. The van der Waals surface area contributed by atoms with Crippen LogP contribution in [0.25, 0.3) is 10.9 Å². The average molecular weight is 565 g/mol. The van der Waals surface area contributed by atoms with Crippen molar-refractivity contribution >= 4 is 49.7 Å². The van der Waals surface area contributed by atoms with Gasteiger partial charge in [-0.05, 0) is 86.7 Å². The summed E-state index contributed by atoms with van der Waals surface area (Å²) in [5.41, 5.74) is 0.756. The highest BCUT2D eigenvalue weighted by molar-refractivity contribution is 14.1. The van der Waals surface area contributed by atoms with Crippen LogP contribution in [0.3, 0.4) is 0 Å². The molecule has 0 spiro atoms. The van der Waals surface area contributed by atoms with E-state index in [4.69, 9.17) is 18.4 Å². The van der Waals surface area contributed by atoms with Gasteiger partial charge < -0.3 is 18.4 Å². The summed E-state index contributed by atoms with van der Waals surface area (Å²) in [5, 5.41) is 0.810. The van der Waals surface area contributed by atoms with E-state index in [0.717, 1.165) is 36.5 Å². The second-order valence-electron chi connectivity index (χ2n) is 8.47. The van der Waals surface area contributed by atoms with Crippen molar-refractivity contribution in [2.24, 2.45) is 0 Å². The van der Waals surface area contributed by atoms with Crippen LogP contribution >= 0.6 is 22.6 Å². The van der Waals surface area contributed by atoms with Crippen LogP contribution in [0.1, 0.15) is 45.6 Å². The molecule has 2 heterocycles. The minimum Gasteiger partial charge on any atom is -0.443 e. The molecule has 0 radical (unpaired) electrons. The van der Waals surface area contributed by atoms with Crippen molar-refractivity contribution < 1.29 is 31.6 Å². The first-order valence-electron chi connectivity index (χ1n) is 10.1. The molecular weight excluding hydrogens is 537 g/mol. The molecule has 1 saturated heterocycles. The molecule has 0 N–H and O–H groups in total. The van der Waals surface area contributed by atoms with Crippen molar-refractivity contribution in [3.63, 3.8) is 0 Å². The first-order chi connectivity index (χ1) is 14.4. The summed E-state index contributed by atoms with van der Waals surface area (Å²) in [5.74, 6) is 0.132. The summed E-state index contributed by atoms with van der Waals surface area (Å²) in [4.78, 5) is 13.0. The lowest BCUT2D eigenvalue weighted by Gasteiger charge is -2.22. The van der Waals surface area contributed by atoms with E-state index >= 15 is 0 Å². The standard InChI is InChI=1S/C21H28INO7S/c1-21(2,3)29-20(24)23-17-13-14(30-31(4,25)26)8-9-15(17)16(19(23)22)10-12-28-18-7-5-6-11-27-18/h8-9,13,18H,5-7,10-12H2,1-4H3. The number of benzene rings is 1. The molecule has 1 unspecified atom stereocenters. The number of rotatable bonds is 6. The Morgan fingerprint density at radius 2 is 2.03 bits per heavy atom. The molecular formula is C21H28INO7S. The fourth-order valence-electron chi connectivity index (χ4n) is 3.39. The minimum absolute atomic E-state index is 0.132. The Bertz CT molecular complexity index is 1050. The Kier molecular flexibility index (Phi) is 7.54. The number of hydrogen-bond acceptors (Lipinski definition) is 7. The summed E-state index contributed by atoms with van der Waals surface area (Å²) >= 11 is 2.11. The van der Waals surface area contributed by atoms with E-state index in [9.17, 15) is 13.2 Å². The van der Waals surface area contributed by atoms with Gasteiger partial charge >= 0.3 is 16.2 Å². The van der Waals surface area contributed by atoms with Crippen LogP contribution in [0, 0.1) is 3.70 Å². The third kappa shape index (κ3) is 6.56. The molecule has 1 aromatic carbocycles. The van der Waals surface area contributed by atoms with Crippen LogP contribution in [0.15, 0.2) is 18.2 Å². The first-order valence-corrected chi connectivity index (χ1v) is 13.0. The number of fused-ring (bicyclic) bond motifs is 1. The Morgan fingerprint density at radius 3 is 2.65 bits per heavy atom. The van der Waals surface area contributed by atoms with Gasteiger partial charge in [-0.2, -0.15) is 8.42 Å². The highest BCUT2D eigenvalue weighted by Gasteiger charge is 2.25. The second-order valence-corrected chi connectivity index (χ2v) is 11.1. The van der Waals surface area contributed by atoms with Gasteiger partial charge in [0.25, 0.3) is 0 Å². The van der Waals surface area contributed by atoms with Gasteiger partial charge in [0.05, 0.1) is 22.1 Å². The fraction of sp³-hybridized carbons (Fsp3) is 0.571. The third-order valence-electron chi connectivity index (χ3n) is 4.60. The zero-order valence-corrected chi connectivity index (χ0v) is 21.1. The van der Waals surface area contributed by atoms with E-state index in [1.165, 1.54) is 10.6 Å². The molecule has 172 valence electrons. The maximum Gasteiger partial charge on any atom is 0.419 e. The fourth-order valence-corrected chi connectivity index (χ4v) is 4.86. The molecule has 0 amide bonds. The van der Waals surface area contributed by atoms with Crippen LogP contribution in [-0.2, 0) is 30.7 Å². The molecule has 1 aromatic heterocycles. The Morgan fingerprint density at radius 1 is 1.29 bits per heavy atom. The second kappa shape index (κ2) is 9.63. The van der Waals surface area contributed by atoms with Crippen LogP contribution < -0.4 is 4.18 Å². The minimum atomic E-state index is -3.70. The molecule has 31 heavy (non-hydrogen) atoms. The van der Waals surface area contributed by atoms with E-state index in [1.54, 1.807) is 32.9 Å². The quantitative estimate of drug-likeness (QED) is 0.378. The van der Waals surface area contributed by atoms with E-state index in [-0.39, 0.29) is 12.0 Å². The van der Waals surface area contributed by atoms with Gasteiger partial charge in [0.1, 0.15) is 11.4 Å². The van der Waals surface area contributed by atoms with Crippen LogP contribution in [0.4, 0.5) is 4.79 Å². The topological polar surface area (TPSA) is 93.1 Å². The normalized spacial score (nSPS) is 17.6. The molecule has 2 aromatic rings. The Labute approximate surface area is 196 Å². The van der Waals surface area contributed by atoms with Crippen molar-refractivity contribution in [3.8, 4) is 5.75 Å². The molecule has 1 fully saturated rings. The lowest BCUT2D eigenvalue weighted by atomic mass is 10.1. The number of ether oxygens (including phenoxy) is 3. The number of carbonyl (C=O) groups is 1. The number of nitrogens with zero attached hydrogens (tertiary/aromatic N) is 1. The molecule has 10 heteroatoms. The van der Waals surface area contributed by atoms with Crippen LogP contribution in [0.5, 0.6) is 5.75 Å². The van der Waals surface area contributed by atoms with Crippen molar-refractivity contribution in [2.75, 3.05) is 19.5 Å². The molecule has 3 rings (SSSR count). The van der Waals surface area contributed by atoms with Crippen LogP contribution in [0.2, 0.25) is 0 Å². The molecule has 1 aliphatic heterocycles. The number of halogens is 1. The summed E-state index contributed by atoms with van der Waals surface area (Å²) < 4.78 is 47.3. The van der Waals surface area contributed by atoms with E-state index in [0.29, 0.717) is 28.9 Å². The van der Waals surface area contributed by atoms with Gasteiger partial charge in [-0.1, -0.05) is 0 Å². The maximum atomic E-state index is 13.0. The molecule has 1 atom stereocenters. The lowest BCUT2D eigenvalue weighted by molar-refractivity contribution is -0.161. The van der Waals surface area contributed by atoms with Gasteiger partial charge in [-0.15, -0.1) is 0 Å². The number of aromatic nitrogens is 1. The van der Waals surface area contributed by atoms with Gasteiger partial charge in [-0.3, -0.25) is 0 Å². The SMILES string of the molecule is CC(C)(C)OC(=O)n1c(I)c(CCOC2CCCCO2)c2ccc(OS(C)(=O)=O)cc21. The van der Waals surface area contributed by atoms with Gasteiger partial charge in [0.15, 0.2) is 6.29 Å². The van der Waals surface area contributed by atoms with Crippen molar-refractivity contribution in [3.05, 3.63) is 27.5 Å². The predicted octanol–water partition coefficient (Wildman–Crippen LogP) is 4.45. The maximum absolute atomic E-state index is 13.0. The molecule has 0 bridgehead atoms. The largest absolute Gasteiger partial charge is 0.443 e. The van der Waals surface area contributed by atoms with Crippen molar-refractivity contribution in [1.82, 2.24) is 4.57 Å². The predicted molar refractivity (Wildman–Crippen MR) is 125 cm³/mol. The summed E-state index contributed by atoms with van der Waals surface area (Å²) in [7, 11) is -3.70.